The van der Waals surface area contributed by atoms with Crippen LogP contribution in [0.25, 0.3) is 10.9 Å². The van der Waals surface area contributed by atoms with E-state index in [1.807, 2.05) is 30.0 Å². The summed E-state index contributed by atoms with van der Waals surface area (Å²) in [7, 11) is 0. The molecule has 3 aromatic rings. The van der Waals surface area contributed by atoms with Crippen molar-refractivity contribution in [2.75, 3.05) is 25.0 Å². The molecule has 2 aromatic carbocycles. The molecule has 1 fully saturated rings. The lowest BCUT2D eigenvalue weighted by atomic mass is 10.0. The van der Waals surface area contributed by atoms with Crippen LogP contribution in [-0.4, -0.2) is 63.7 Å². The van der Waals surface area contributed by atoms with E-state index in [9.17, 15) is 19.2 Å². The molecule has 1 saturated heterocycles. The second-order valence-corrected chi connectivity index (χ2v) is 9.54. The zero-order valence-electron chi connectivity index (χ0n) is 20.1. The lowest BCUT2D eigenvalue weighted by molar-refractivity contribution is -0.123. The Hall–Kier alpha value is -3.97. The zero-order chi connectivity index (χ0) is 25.2. The molecule has 2 aliphatic heterocycles. The minimum absolute atomic E-state index is 0.0219. The Labute approximate surface area is 208 Å². The third-order valence-corrected chi connectivity index (χ3v) is 7.04. The number of aryl methyl sites for hydroxylation is 1. The van der Waals surface area contributed by atoms with Gasteiger partial charge in [0, 0.05) is 37.5 Å². The van der Waals surface area contributed by atoms with Gasteiger partial charge in [0.1, 0.15) is 11.9 Å². The molecule has 9 nitrogen and oxygen atoms in total. The summed E-state index contributed by atoms with van der Waals surface area (Å²) in [4.78, 5) is 29.1. The van der Waals surface area contributed by atoms with Crippen LogP contribution in [0.2, 0.25) is 0 Å². The molecule has 3 heterocycles. The van der Waals surface area contributed by atoms with Crippen LogP contribution >= 0.6 is 0 Å². The number of fused-ring (bicyclic) bond motifs is 2. The number of amides is 3. The maximum Gasteiger partial charge on any atom is 0.322 e. The van der Waals surface area contributed by atoms with Crippen molar-refractivity contribution < 1.29 is 14.0 Å². The third kappa shape index (κ3) is 4.88. The number of hydrogen-bond donors (Lipinski definition) is 3. The highest BCUT2D eigenvalue weighted by Crippen LogP contribution is 2.29. The van der Waals surface area contributed by atoms with Crippen molar-refractivity contribution in [3.63, 3.8) is 0 Å². The zero-order valence-corrected chi connectivity index (χ0v) is 20.1. The normalized spacial score (nSPS) is 17.4. The van der Waals surface area contributed by atoms with Crippen molar-refractivity contribution in [1.29, 1.82) is 5.26 Å². The van der Waals surface area contributed by atoms with Crippen LogP contribution in [0.5, 0.6) is 0 Å². The van der Waals surface area contributed by atoms with Gasteiger partial charge in [0.25, 0.3) is 0 Å². The van der Waals surface area contributed by atoms with E-state index in [-0.39, 0.29) is 30.2 Å². The van der Waals surface area contributed by atoms with Gasteiger partial charge < -0.3 is 15.5 Å². The predicted octanol–water partition coefficient (Wildman–Crippen LogP) is 3.07. The highest BCUT2D eigenvalue weighted by molar-refractivity contribution is 5.92. The Morgan fingerprint density at radius 1 is 1.33 bits per heavy atom. The molecular formula is C26H28FN7O2. The Morgan fingerprint density at radius 2 is 2.14 bits per heavy atom. The van der Waals surface area contributed by atoms with E-state index in [1.165, 1.54) is 6.07 Å². The Balaban J connectivity index is 1.12. The Bertz CT molecular complexity index is 1340. The molecule has 2 aliphatic rings. The number of anilines is 1. The first kappa shape index (κ1) is 23.8. The number of urea groups is 1. The number of aromatic nitrogens is 2. The van der Waals surface area contributed by atoms with E-state index < -0.39 is 11.9 Å². The summed E-state index contributed by atoms with van der Waals surface area (Å²) in [6, 6.07) is 10.1. The minimum Gasteiger partial charge on any atom is -0.339 e. The third-order valence-electron chi connectivity index (χ3n) is 7.04. The van der Waals surface area contributed by atoms with Gasteiger partial charge in [0.2, 0.25) is 5.91 Å². The molecule has 0 aliphatic carbocycles. The van der Waals surface area contributed by atoms with E-state index in [2.05, 4.69) is 26.9 Å². The number of aromatic amines is 1. The average molecular weight is 490 g/mol. The first-order chi connectivity index (χ1) is 17.4. The smallest absolute Gasteiger partial charge is 0.322 e. The number of carbonyl (C=O) groups is 2. The topological polar surface area (TPSA) is 117 Å². The number of rotatable bonds is 6. The summed E-state index contributed by atoms with van der Waals surface area (Å²) in [5.41, 5.74) is 4.01. The van der Waals surface area contributed by atoms with Crippen LogP contribution in [0.4, 0.5) is 14.9 Å². The molecule has 1 unspecified atom stereocenters. The number of nitrogens with one attached hydrogen (secondary N) is 3. The summed E-state index contributed by atoms with van der Waals surface area (Å²) in [5, 5.41) is 23.1. The number of benzene rings is 2. The number of nitrogens with zero attached hydrogens (tertiary/aromatic N) is 4. The van der Waals surface area contributed by atoms with Gasteiger partial charge in [0.05, 0.1) is 30.0 Å². The molecule has 3 amide bonds. The monoisotopic (exact) mass is 489 g/mol. The molecule has 0 saturated carbocycles. The molecule has 186 valence electrons. The number of H-pyrrole nitrogens is 1. The number of piperidine rings is 1. The lowest BCUT2D eigenvalue weighted by Gasteiger charge is -2.40. The van der Waals surface area contributed by atoms with Crippen molar-refractivity contribution in [2.24, 2.45) is 0 Å². The summed E-state index contributed by atoms with van der Waals surface area (Å²) in [6.07, 6.45) is 3.60. The summed E-state index contributed by atoms with van der Waals surface area (Å²) in [5.74, 6) is -0.615. The van der Waals surface area contributed by atoms with Crippen molar-refractivity contribution in [3.05, 3.63) is 59.0 Å². The molecule has 5 rings (SSSR count). The molecule has 0 radical (unpaired) electrons. The standard InChI is InChI=1S/C26H28FN7O2/c1-16-9-17(10-19-13-29-32-24(16)19)11-20(12-28)30-23(35)15-33-7-5-21(6-8-33)34-14-18-3-2-4-22(27)25(18)31-26(34)36/h2-4,9-10,13,20-21H,5-8,11,14-15H2,1H3,(H,29,32)(H,30,35)(H,31,36). The molecule has 10 heteroatoms. The highest BCUT2D eigenvalue weighted by Gasteiger charge is 2.33. The lowest BCUT2D eigenvalue weighted by Crippen LogP contribution is -2.52. The molecule has 1 aromatic heterocycles. The van der Waals surface area contributed by atoms with Gasteiger partial charge in [-0.25, -0.2) is 9.18 Å². The fourth-order valence-corrected chi connectivity index (χ4v) is 5.20. The molecule has 0 bridgehead atoms. The number of para-hydroxylation sites is 1. The second kappa shape index (κ2) is 9.95. The van der Waals surface area contributed by atoms with Crippen molar-refractivity contribution in [3.8, 4) is 6.07 Å². The second-order valence-electron chi connectivity index (χ2n) is 9.54. The largest absolute Gasteiger partial charge is 0.339 e. The van der Waals surface area contributed by atoms with E-state index in [1.54, 1.807) is 17.2 Å². The maximum atomic E-state index is 14.0. The van der Waals surface area contributed by atoms with E-state index in [0.717, 1.165) is 40.4 Å². The highest BCUT2D eigenvalue weighted by atomic mass is 19.1. The van der Waals surface area contributed by atoms with Crippen LogP contribution in [-0.2, 0) is 17.8 Å². The van der Waals surface area contributed by atoms with Crippen molar-refractivity contribution in [1.82, 2.24) is 25.3 Å². The Kier molecular flexibility index (Phi) is 6.57. The average Bonchev–Trinajstić information content (AvgIpc) is 3.34. The van der Waals surface area contributed by atoms with Gasteiger partial charge >= 0.3 is 6.03 Å². The van der Waals surface area contributed by atoms with Crippen LogP contribution in [0.1, 0.15) is 29.5 Å². The van der Waals surface area contributed by atoms with Crippen LogP contribution < -0.4 is 10.6 Å². The van der Waals surface area contributed by atoms with E-state index in [0.29, 0.717) is 26.1 Å². The fraction of sp³-hybridized carbons (Fsp3) is 0.385. The predicted molar refractivity (Wildman–Crippen MR) is 133 cm³/mol. The number of nitriles is 1. The number of likely N-dealkylation sites (tertiary alicyclic amines) is 1. The van der Waals surface area contributed by atoms with Gasteiger partial charge in [-0.15, -0.1) is 0 Å². The SMILES string of the molecule is Cc1cc(CC(C#N)NC(=O)CN2CCC(N3Cc4cccc(F)c4NC3=O)CC2)cc2cn[nH]c12. The molecule has 36 heavy (non-hydrogen) atoms. The molecule has 3 N–H and O–H groups in total. The fourth-order valence-electron chi connectivity index (χ4n) is 5.20. The van der Waals surface area contributed by atoms with Gasteiger partial charge in [-0.3, -0.25) is 14.8 Å². The van der Waals surface area contributed by atoms with Gasteiger partial charge in [-0.1, -0.05) is 18.2 Å². The molecule has 1 atom stereocenters. The quantitative estimate of drug-likeness (QED) is 0.492. The maximum absolute atomic E-state index is 14.0. The molecule has 0 spiro atoms. The van der Waals surface area contributed by atoms with Gasteiger partial charge in [-0.2, -0.15) is 10.4 Å². The minimum atomic E-state index is -0.628. The van der Waals surface area contributed by atoms with Crippen molar-refractivity contribution >= 4 is 28.5 Å². The number of halogens is 1. The van der Waals surface area contributed by atoms with Crippen LogP contribution in [0, 0.1) is 24.1 Å². The number of hydrogen-bond acceptors (Lipinski definition) is 5. The summed E-state index contributed by atoms with van der Waals surface area (Å²) >= 11 is 0. The Morgan fingerprint density at radius 3 is 2.92 bits per heavy atom. The molecular weight excluding hydrogens is 461 g/mol. The van der Waals surface area contributed by atoms with Crippen molar-refractivity contribution in [2.45, 2.75) is 44.8 Å². The van der Waals surface area contributed by atoms with Gasteiger partial charge in [0.15, 0.2) is 0 Å². The van der Waals surface area contributed by atoms with Gasteiger partial charge in [-0.05, 0) is 48.6 Å². The summed E-state index contributed by atoms with van der Waals surface area (Å²) in [6.45, 7) is 3.87. The van der Waals surface area contributed by atoms with E-state index >= 15 is 0 Å². The van der Waals surface area contributed by atoms with Crippen LogP contribution in [0.3, 0.4) is 0 Å². The first-order valence-corrected chi connectivity index (χ1v) is 12.1. The summed E-state index contributed by atoms with van der Waals surface area (Å²) < 4.78 is 14.0. The van der Waals surface area contributed by atoms with Crippen LogP contribution in [0.15, 0.2) is 36.5 Å². The first-order valence-electron chi connectivity index (χ1n) is 12.1. The van der Waals surface area contributed by atoms with E-state index in [4.69, 9.17) is 0 Å². The number of carbonyl (C=O) groups excluding carboxylic acids is 2.